The molecule has 0 spiro atoms. The third-order valence-electron chi connectivity index (χ3n) is 3.75. The first-order valence-corrected chi connectivity index (χ1v) is 8.05. The molecule has 0 aromatic heterocycles. The lowest BCUT2D eigenvalue weighted by molar-refractivity contribution is 0.384. The van der Waals surface area contributed by atoms with Crippen LogP contribution in [0.1, 0.15) is 17.5 Å². The molecule has 1 heterocycles. The van der Waals surface area contributed by atoms with Gasteiger partial charge in [0, 0.05) is 6.04 Å². The van der Waals surface area contributed by atoms with Gasteiger partial charge in [0.25, 0.3) is 0 Å². The number of hydrogen-bond donors (Lipinski definition) is 2. The van der Waals surface area contributed by atoms with Crippen LogP contribution in [-0.2, 0) is 16.3 Å². The minimum Gasteiger partial charge on any atom is -0.271 e. The molecular formula is C13H20N2O2S. The molecule has 0 bridgehead atoms. The van der Waals surface area contributed by atoms with Crippen molar-refractivity contribution in [2.45, 2.75) is 25.8 Å². The quantitative estimate of drug-likeness (QED) is 0.626. The molecule has 1 aliphatic rings. The highest BCUT2D eigenvalue weighted by molar-refractivity contribution is 7.91. The van der Waals surface area contributed by atoms with Gasteiger partial charge in [-0.2, -0.15) is 0 Å². The van der Waals surface area contributed by atoms with Crippen molar-refractivity contribution < 1.29 is 8.42 Å². The van der Waals surface area contributed by atoms with E-state index in [1.807, 2.05) is 12.1 Å². The minimum atomic E-state index is -2.85. The van der Waals surface area contributed by atoms with E-state index in [0.29, 0.717) is 12.2 Å². The highest BCUT2D eigenvalue weighted by Crippen LogP contribution is 2.24. The van der Waals surface area contributed by atoms with Gasteiger partial charge in [0.05, 0.1) is 11.5 Å². The van der Waals surface area contributed by atoms with Crippen LogP contribution >= 0.6 is 0 Å². The third kappa shape index (κ3) is 3.10. The second kappa shape index (κ2) is 5.38. The van der Waals surface area contributed by atoms with Crippen LogP contribution < -0.4 is 11.3 Å². The molecule has 0 amide bonds. The van der Waals surface area contributed by atoms with Crippen molar-refractivity contribution in [1.29, 1.82) is 0 Å². The van der Waals surface area contributed by atoms with E-state index in [-0.39, 0.29) is 17.7 Å². The van der Waals surface area contributed by atoms with E-state index in [0.717, 1.165) is 6.42 Å². The number of rotatable bonds is 4. The van der Waals surface area contributed by atoms with E-state index >= 15 is 0 Å². The van der Waals surface area contributed by atoms with Crippen molar-refractivity contribution in [1.82, 2.24) is 5.43 Å². The van der Waals surface area contributed by atoms with Crippen molar-refractivity contribution in [2.75, 3.05) is 11.5 Å². The Morgan fingerprint density at radius 1 is 1.44 bits per heavy atom. The zero-order valence-corrected chi connectivity index (χ0v) is 11.4. The lowest BCUT2D eigenvalue weighted by Gasteiger charge is -2.22. The number of nitrogens with one attached hydrogen (secondary N) is 1. The maximum atomic E-state index is 11.5. The monoisotopic (exact) mass is 268 g/mol. The smallest absolute Gasteiger partial charge is 0.150 e. The Morgan fingerprint density at radius 3 is 2.72 bits per heavy atom. The van der Waals surface area contributed by atoms with Crippen molar-refractivity contribution in [2.24, 2.45) is 11.8 Å². The molecular weight excluding hydrogens is 248 g/mol. The molecule has 1 aromatic rings. The summed E-state index contributed by atoms with van der Waals surface area (Å²) in [5.74, 6) is 6.27. The van der Waals surface area contributed by atoms with Gasteiger partial charge in [-0.1, -0.05) is 24.3 Å². The Balaban J connectivity index is 2.09. The fraction of sp³-hybridized carbons (Fsp3) is 0.538. The Morgan fingerprint density at radius 2 is 2.17 bits per heavy atom. The van der Waals surface area contributed by atoms with Crippen molar-refractivity contribution >= 4 is 9.84 Å². The summed E-state index contributed by atoms with van der Waals surface area (Å²) < 4.78 is 23.0. The number of sulfone groups is 1. The maximum Gasteiger partial charge on any atom is 0.150 e. The number of hydrogen-bond acceptors (Lipinski definition) is 4. The zero-order valence-electron chi connectivity index (χ0n) is 10.6. The van der Waals surface area contributed by atoms with Crippen molar-refractivity contribution in [3.63, 3.8) is 0 Å². The third-order valence-corrected chi connectivity index (χ3v) is 5.55. The number of aryl methyl sites for hydroxylation is 1. The molecule has 1 aliphatic heterocycles. The molecule has 4 nitrogen and oxygen atoms in total. The van der Waals surface area contributed by atoms with Crippen molar-refractivity contribution in [3.8, 4) is 0 Å². The fourth-order valence-electron chi connectivity index (χ4n) is 2.58. The van der Waals surface area contributed by atoms with Gasteiger partial charge in [0.15, 0.2) is 9.84 Å². The molecule has 100 valence electrons. The van der Waals surface area contributed by atoms with Gasteiger partial charge in [-0.25, -0.2) is 8.42 Å². The predicted octanol–water partition coefficient (Wildman–Crippen LogP) is 0.804. The first kappa shape index (κ1) is 13.5. The molecule has 3 N–H and O–H groups in total. The van der Waals surface area contributed by atoms with Crippen LogP contribution in [0.2, 0.25) is 0 Å². The molecule has 2 unspecified atom stereocenters. The van der Waals surface area contributed by atoms with Crippen LogP contribution in [-0.4, -0.2) is 26.0 Å². The standard InChI is InChI=1S/C13H20N2O2S/c1-10-4-2-3-5-11(10)8-13(15-14)12-6-7-18(16,17)9-12/h2-5,12-13,15H,6-9,14H2,1H3. The first-order chi connectivity index (χ1) is 8.52. The van der Waals surface area contributed by atoms with Crippen LogP contribution in [0.3, 0.4) is 0 Å². The van der Waals surface area contributed by atoms with Gasteiger partial charge in [0.2, 0.25) is 0 Å². The minimum absolute atomic E-state index is 0.0309. The normalized spacial score (nSPS) is 24.0. The molecule has 1 saturated heterocycles. The average Bonchev–Trinajstić information content (AvgIpc) is 2.68. The highest BCUT2D eigenvalue weighted by Gasteiger charge is 2.33. The fourth-order valence-corrected chi connectivity index (χ4v) is 4.46. The summed E-state index contributed by atoms with van der Waals surface area (Å²) >= 11 is 0. The van der Waals surface area contributed by atoms with E-state index in [9.17, 15) is 8.42 Å². The van der Waals surface area contributed by atoms with Crippen LogP contribution in [0.4, 0.5) is 0 Å². The van der Waals surface area contributed by atoms with Gasteiger partial charge < -0.3 is 0 Å². The number of nitrogens with two attached hydrogens (primary N) is 1. The summed E-state index contributed by atoms with van der Waals surface area (Å²) in [5, 5.41) is 0. The van der Waals surface area contributed by atoms with E-state index in [1.165, 1.54) is 11.1 Å². The zero-order chi connectivity index (χ0) is 13.2. The van der Waals surface area contributed by atoms with E-state index < -0.39 is 9.84 Å². The summed E-state index contributed by atoms with van der Waals surface area (Å²) in [4.78, 5) is 0. The molecule has 1 aromatic carbocycles. The molecule has 2 rings (SSSR count). The molecule has 0 radical (unpaired) electrons. The second-order valence-corrected chi connectivity index (χ2v) is 7.30. The summed E-state index contributed by atoms with van der Waals surface area (Å²) in [6.07, 6.45) is 1.49. The summed E-state index contributed by atoms with van der Waals surface area (Å²) in [6.45, 7) is 2.06. The molecule has 2 atom stereocenters. The Hall–Kier alpha value is -0.910. The van der Waals surface area contributed by atoms with Crippen LogP contribution in [0.25, 0.3) is 0 Å². The predicted molar refractivity (Wildman–Crippen MR) is 72.8 cm³/mol. The van der Waals surface area contributed by atoms with Crippen LogP contribution in [0.15, 0.2) is 24.3 Å². The van der Waals surface area contributed by atoms with Gasteiger partial charge >= 0.3 is 0 Å². The summed E-state index contributed by atoms with van der Waals surface area (Å²) in [7, 11) is -2.85. The van der Waals surface area contributed by atoms with Gasteiger partial charge in [0.1, 0.15) is 0 Å². The molecule has 0 aliphatic carbocycles. The largest absolute Gasteiger partial charge is 0.271 e. The van der Waals surface area contributed by atoms with Crippen molar-refractivity contribution in [3.05, 3.63) is 35.4 Å². The van der Waals surface area contributed by atoms with Crippen LogP contribution in [0.5, 0.6) is 0 Å². The van der Waals surface area contributed by atoms with Gasteiger partial charge in [-0.05, 0) is 36.8 Å². The first-order valence-electron chi connectivity index (χ1n) is 6.23. The van der Waals surface area contributed by atoms with Gasteiger partial charge in [-0.3, -0.25) is 11.3 Å². The van der Waals surface area contributed by atoms with Crippen LogP contribution in [0, 0.1) is 12.8 Å². The SMILES string of the molecule is Cc1ccccc1CC(NN)C1CCS(=O)(=O)C1. The second-order valence-electron chi connectivity index (χ2n) is 5.07. The Labute approximate surface area is 108 Å². The molecule has 18 heavy (non-hydrogen) atoms. The Bertz CT molecular complexity index is 513. The number of benzene rings is 1. The lowest BCUT2D eigenvalue weighted by Crippen LogP contribution is -2.43. The lowest BCUT2D eigenvalue weighted by atomic mass is 9.92. The van der Waals surface area contributed by atoms with Gasteiger partial charge in [-0.15, -0.1) is 0 Å². The number of hydrazine groups is 1. The Kier molecular flexibility index (Phi) is 4.04. The van der Waals surface area contributed by atoms with E-state index in [4.69, 9.17) is 5.84 Å². The average molecular weight is 268 g/mol. The summed E-state index contributed by atoms with van der Waals surface area (Å²) in [5.41, 5.74) is 5.24. The molecule has 0 saturated carbocycles. The molecule has 1 fully saturated rings. The van der Waals surface area contributed by atoms with E-state index in [2.05, 4.69) is 24.5 Å². The topological polar surface area (TPSA) is 72.2 Å². The maximum absolute atomic E-state index is 11.5. The van der Waals surface area contributed by atoms with E-state index in [1.54, 1.807) is 0 Å². The highest BCUT2D eigenvalue weighted by atomic mass is 32.2. The summed E-state index contributed by atoms with van der Waals surface area (Å²) in [6, 6.07) is 8.17. The molecule has 5 heteroatoms.